The highest BCUT2D eigenvalue weighted by atomic mass is 32.2. The second kappa shape index (κ2) is 11.6. The molecule has 8 heteroatoms. The van der Waals surface area contributed by atoms with Crippen molar-refractivity contribution in [3.8, 4) is 11.3 Å². The zero-order valence-corrected chi connectivity index (χ0v) is 20.4. The zero-order valence-electron chi connectivity index (χ0n) is 19.5. The summed E-state index contributed by atoms with van der Waals surface area (Å²) in [5.41, 5.74) is 3.03. The van der Waals surface area contributed by atoms with Gasteiger partial charge in [0.25, 0.3) is 10.1 Å². The van der Waals surface area contributed by atoms with Crippen molar-refractivity contribution in [3.63, 3.8) is 0 Å². The number of benzene rings is 2. The molecule has 7 nitrogen and oxygen atoms in total. The number of anilines is 1. The van der Waals surface area contributed by atoms with E-state index in [4.69, 9.17) is 4.55 Å². The number of hydrogen-bond donors (Lipinski definition) is 1. The van der Waals surface area contributed by atoms with Crippen molar-refractivity contribution < 1.29 is 13.0 Å². The minimum absolute atomic E-state index is 0. The lowest BCUT2D eigenvalue weighted by Gasteiger charge is -2.29. The normalized spacial score (nSPS) is 19.8. The highest BCUT2D eigenvalue weighted by molar-refractivity contribution is 7.85. The van der Waals surface area contributed by atoms with Gasteiger partial charge in [-0.3, -0.25) is 4.55 Å². The van der Waals surface area contributed by atoms with Gasteiger partial charge in [0.05, 0.1) is 10.6 Å². The Bertz CT molecular complexity index is 1140. The molecule has 0 saturated carbocycles. The first kappa shape index (κ1) is 25.8. The van der Waals surface area contributed by atoms with E-state index in [9.17, 15) is 8.42 Å². The van der Waals surface area contributed by atoms with Crippen LogP contribution in [0, 0.1) is 20.3 Å². The molecule has 2 saturated heterocycles. The molecule has 5 rings (SSSR count). The van der Waals surface area contributed by atoms with Crippen LogP contribution in [0.2, 0.25) is 0 Å². The third-order valence-corrected chi connectivity index (χ3v) is 7.00. The maximum Gasteiger partial charge on any atom is 0.294 e. The smallest absolute Gasteiger partial charge is 0.294 e. The second-order valence-electron chi connectivity index (χ2n) is 8.69. The Kier molecular flexibility index (Phi) is 8.77. The quantitative estimate of drug-likeness (QED) is 0.561. The van der Waals surface area contributed by atoms with Gasteiger partial charge in [0.2, 0.25) is 0 Å². The van der Waals surface area contributed by atoms with E-state index in [0.717, 1.165) is 48.2 Å². The van der Waals surface area contributed by atoms with Crippen LogP contribution in [0.5, 0.6) is 0 Å². The highest BCUT2D eigenvalue weighted by Crippen LogP contribution is 2.24. The Morgan fingerprint density at radius 1 is 0.882 bits per heavy atom. The van der Waals surface area contributed by atoms with Gasteiger partial charge >= 0.3 is 0 Å². The predicted octanol–water partition coefficient (Wildman–Crippen LogP) is 4.24. The van der Waals surface area contributed by atoms with Gasteiger partial charge in [-0.2, -0.15) is 8.42 Å². The average molecular weight is 481 g/mol. The van der Waals surface area contributed by atoms with E-state index in [0.29, 0.717) is 0 Å². The first-order valence-electron chi connectivity index (χ1n) is 11.3. The first-order valence-corrected chi connectivity index (χ1v) is 12.7. The topological polar surface area (TPSA) is 86.6 Å². The number of piperidine rings is 1. The van der Waals surface area contributed by atoms with Gasteiger partial charge in [0.1, 0.15) is 0 Å². The Balaban J connectivity index is 0.000000231. The molecule has 2 atom stereocenters. The molecule has 1 aromatic heterocycles. The Morgan fingerprint density at radius 3 is 2.26 bits per heavy atom. The molecule has 0 amide bonds. The summed E-state index contributed by atoms with van der Waals surface area (Å²) in [4.78, 5) is 4.95. The molecular weight excluding hydrogens is 448 g/mol. The van der Waals surface area contributed by atoms with Crippen molar-refractivity contribution in [2.24, 2.45) is 5.92 Å². The molecular formula is C26H32N4O3S. The van der Waals surface area contributed by atoms with E-state index in [1.54, 1.807) is 12.1 Å². The Labute approximate surface area is 203 Å². The molecule has 3 aromatic rings. The van der Waals surface area contributed by atoms with Crippen molar-refractivity contribution in [1.82, 2.24) is 15.1 Å². The fraction of sp³-hybridized carbons (Fsp3) is 0.346. The van der Waals surface area contributed by atoms with Gasteiger partial charge in [0.15, 0.2) is 5.82 Å². The number of rotatable bonds is 3. The predicted molar refractivity (Wildman–Crippen MR) is 135 cm³/mol. The third-order valence-electron chi connectivity index (χ3n) is 6.13. The van der Waals surface area contributed by atoms with Gasteiger partial charge < -0.3 is 9.80 Å². The lowest BCUT2D eigenvalue weighted by atomic mass is 9.98. The maximum atomic E-state index is 10.5. The van der Waals surface area contributed by atoms with Gasteiger partial charge in [-0.25, -0.2) is 0 Å². The minimum atomic E-state index is -4.02. The maximum absolute atomic E-state index is 10.5. The van der Waals surface area contributed by atoms with Gasteiger partial charge in [-0.05, 0) is 56.5 Å². The fourth-order valence-electron chi connectivity index (χ4n) is 4.34. The average Bonchev–Trinajstić information content (AvgIpc) is 2.97. The molecule has 0 aliphatic carbocycles. The fourth-order valence-corrected chi connectivity index (χ4v) is 4.82. The summed E-state index contributed by atoms with van der Waals surface area (Å²) >= 11 is 0. The summed E-state index contributed by atoms with van der Waals surface area (Å²) in [6, 6.07) is 20.5. The van der Waals surface area contributed by atoms with Crippen LogP contribution in [0.3, 0.4) is 0 Å². The summed E-state index contributed by atoms with van der Waals surface area (Å²) in [5.74, 6) is 1.81. The molecule has 2 bridgehead atoms. The summed E-state index contributed by atoms with van der Waals surface area (Å²) in [6.07, 6.45) is 2.69. The van der Waals surface area contributed by atoms with Crippen LogP contribution in [-0.4, -0.2) is 60.8 Å². The summed E-state index contributed by atoms with van der Waals surface area (Å²) in [7, 11) is -4.02. The van der Waals surface area contributed by atoms with Gasteiger partial charge in [-0.1, -0.05) is 55.5 Å². The number of aromatic nitrogens is 2. The lowest BCUT2D eigenvalue weighted by molar-refractivity contribution is 0.201. The molecule has 2 aliphatic heterocycles. The number of hydrogen-bond acceptors (Lipinski definition) is 6. The molecule has 2 radical (unpaired) electrons. The standard InChI is InChI=1S/C18H22N4.C7H8O3S.CH2/c1-2-6-16(7-3-1)17-8-9-18(20-19-17)22-12-11-21-10-4-5-15(13-21)14-22;1-6-2-4-7(5-3-6)11(8,9)10;/h1-3,6-9,15H,4-5,10-14H2;2-5H,1H3,(H,8,9,10);1H2. The summed E-state index contributed by atoms with van der Waals surface area (Å²) in [5, 5.41) is 8.93. The molecule has 180 valence electrons. The van der Waals surface area contributed by atoms with E-state index in [1.165, 1.54) is 38.1 Å². The molecule has 3 heterocycles. The zero-order chi connectivity index (χ0) is 23.3. The molecule has 34 heavy (non-hydrogen) atoms. The van der Waals surface area contributed by atoms with Crippen LogP contribution in [0.4, 0.5) is 5.82 Å². The molecule has 1 N–H and O–H groups in total. The van der Waals surface area contributed by atoms with E-state index < -0.39 is 10.1 Å². The molecule has 2 fully saturated rings. The molecule has 2 aliphatic rings. The van der Waals surface area contributed by atoms with E-state index in [-0.39, 0.29) is 12.3 Å². The van der Waals surface area contributed by atoms with E-state index >= 15 is 0 Å². The molecule has 2 unspecified atom stereocenters. The van der Waals surface area contributed by atoms with Crippen LogP contribution in [0.15, 0.2) is 71.6 Å². The Hall–Kier alpha value is -2.81. The van der Waals surface area contributed by atoms with E-state index in [1.807, 2.05) is 25.1 Å². The first-order chi connectivity index (χ1) is 15.9. The van der Waals surface area contributed by atoms with E-state index in [2.05, 4.69) is 44.3 Å². The molecule has 0 spiro atoms. The van der Waals surface area contributed by atoms with Crippen molar-refractivity contribution in [3.05, 3.63) is 79.7 Å². The van der Waals surface area contributed by atoms with Gasteiger partial charge in [-0.15, -0.1) is 10.2 Å². The van der Waals surface area contributed by atoms with Crippen LogP contribution in [0.25, 0.3) is 11.3 Å². The monoisotopic (exact) mass is 480 g/mol. The number of aryl methyl sites for hydroxylation is 1. The third kappa shape index (κ3) is 6.85. The summed E-state index contributed by atoms with van der Waals surface area (Å²) < 4.78 is 29.6. The Morgan fingerprint density at radius 2 is 1.62 bits per heavy atom. The van der Waals surface area contributed by atoms with Crippen molar-refractivity contribution in [2.75, 3.05) is 37.6 Å². The summed E-state index contributed by atoms with van der Waals surface area (Å²) in [6.45, 7) is 7.70. The van der Waals surface area contributed by atoms with Crippen LogP contribution in [-0.2, 0) is 10.1 Å². The van der Waals surface area contributed by atoms with Crippen LogP contribution >= 0.6 is 0 Å². The van der Waals surface area contributed by atoms with Crippen LogP contribution in [0.1, 0.15) is 18.4 Å². The number of nitrogens with zero attached hydrogens (tertiary/aromatic N) is 4. The molecule has 2 aromatic carbocycles. The highest BCUT2D eigenvalue weighted by Gasteiger charge is 2.26. The largest absolute Gasteiger partial charge is 0.354 e. The van der Waals surface area contributed by atoms with Crippen LogP contribution < -0.4 is 4.90 Å². The SMILES string of the molecule is Cc1ccc(S(=O)(=O)O)cc1.[CH2].c1ccc(-c2ccc(N3CCN4CCCC(C4)C3)nn2)cc1. The van der Waals surface area contributed by atoms with Crippen molar-refractivity contribution in [1.29, 1.82) is 0 Å². The van der Waals surface area contributed by atoms with Crippen molar-refractivity contribution >= 4 is 15.9 Å². The van der Waals surface area contributed by atoms with Crippen molar-refractivity contribution in [2.45, 2.75) is 24.7 Å². The number of fused-ring (bicyclic) bond motifs is 2. The minimum Gasteiger partial charge on any atom is -0.354 e. The van der Waals surface area contributed by atoms with Gasteiger partial charge in [0, 0.05) is 31.7 Å². The second-order valence-corrected chi connectivity index (χ2v) is 10.1. The lowest BCUT2D eigenvalue weighted by Crippen LogP contribution is -2.35.